The zero-order valence-electron chi connectivity index (χ0n) is 16.5. The predicted octanol–water partition coefficient (Wildman–Crippen LogP) is 2.75. The van der Waals surface area contributed by atoms with Crippen LogP contribution in [0.5, 0.6) is 0 Å². The highest BCUT2D eigenvalue weighted by Gasteiger charge is 2.17. The highest BCUT2D eigenvalue weighted by atomic mass is 16.2. The number of nitrogens with one attached hydrogen (secondary N) is 2. The minimum absolute atomic E-state index is 0.123. The molecular formula is C21H23N7O. The summed E-state index contributed by atoms with van der Waals surface area (Å²) < 4.78 is 1.67. The van der Waals surface area contributed by atoms with Crippen LogP contribution in [0, 0.1) is 0 Å². The number of hydrogen-bond donors (Lipinski definition) is 2. The van der Waals surface area contributed by atoms with E-state index in [4.69, 9.17) is 0 Å². The van der Waals surface area contributed by atoms with Gasteiger partial charge in [0.15, 0.2) is 0 Å². The van der Waals surface area contributed by atoms with Crippen molar-refractivity contribution in [3.8, 4) is 0 Å². The van der Waals surface area contributed by atoms with Crippen molar-refractivity contribution < 1.29 is 4.79 Å². The summed E-state index contributed by atoms with van der Waals surface area (Å²) in [6.45, 7) is 5.69. The van der Waals surface area contributed by atoms with Gasteiger partial charge in [0.1, 0.15) is 17.2 Å². The van der Waals surface area contributed by atoms with Crippen molar-refractivity contribution in [3.63, 3.8) is 0 Å². The van der Waals surface area contributed by atoms with Crippen molar-refractivity contribution in [2.24, 2.45) is 0 Å². The SMILES string of the molecule is C=Cn1c(C(=O)N(C)C)cc2cnc(Nc3ccc(C4=CCNCC4)cn3)nc21. The van der Waals surface area contributed by atoms with E-state index in [1.54, 1.807) is 37.1 Å². The fourth-order valence-corrected chi connectivity index (χ4v) is 3.30. The Labute approximate surface area is 169 Å². The maximum atomic E-state index is 12.4. The summed E-state index contributed by atoms with van der Waals surface area (Å²) >= 11 is 0. The minimum Gasteiger partial charge on any atom is -0.343 e. The molecule has 0 saturated carbocycles. The van der Waals surface area contributed by atoms with Gasteiger partial charge in [-0.1, -0.05) is 12.7 Å². The van der Waals surface area contributed by atoms with Crippen molar-refractivity contribution >= 4 is 40.5 Å². The van der Waals surface area contributed by atoms with E-state index in [9.17, 15) is 4.79 Å². The maximum absolute atomic E-state index is 12.4. The molecule has 3 aromatic rings. The van der Waals surface area contributed by atoms with Crippen LogP contribution in [-0.4, -0.2) is 57.5 Å². The molecule has 4 rings (SSSR count). The largest absolute Gasteiger partial charge is 0.343 e. The second-order valence-electron chi connectivity index (χ2n) is 6.99. The molecule has 1 aliphatic rings. The lowest BCUT2D eigenvalue weighted by Crippen LogP contribution is -2.23. The number of nitrogens with zero attached hydrogens (tertiary/aromatic N) is 5. The standard InChI is InChI=1S/C21H23N7O/c1-4-28-17(20(29)27(2)3)11-16-13-24-21(26-19(16)28)25-18-6-5-15(12-23-18)14-7-9-22-10-8-14/h4-7,11-13,22H,1,8-10H2,2-3H3,(H,23,24,25,26). The third-order valence-electron chi connectivity index (χ3n) is 4.82. The Bertz CT molecular complexity index is 1100. The normalized spacial score (nSPS) is 13.8. The first-order valence-corrected chi connectivity index (χ1v) is 9.42. The summed E-state index contributed by atoms with van der Waals surface area (Å²) in [5, 5.41) is 7.20. The number of anilines is 2. The zero-order valence-corrected chi connectivity index (χ0v) is 16.5. The Hall–Kier alpha value is -3.52. The molecule has 0 fully saturated rings. The van der Waals surface area contributed by atoms with Crippen LogP contribution in [0.25, 0.3) is 22.8 Å². The third kappa shape index (κ3) is 3.74. The van der Waals surface area contributed by atoms with Crippen molar-refractivity contribution in [2.45, 2.75) is 6.42 Å². The van der Waals surface area contributed by atoms with Gasteiger partial charge in [0.25, 0.3) is 5.91 Å². The summed E-state index contributed by atoms with van der Waals surface area (Å²) in [6, 6.07) is 5.73. The summed E-state index contributed by atoms with van der Waals surface area (Å²) in [5.74, 6) is 0.940. The summed E-state index contributed by atoms with van der Waals surface area (Å²) in [4.78, 5) is 27.3. The quantitative estimate of drug-likeness (QED) is 0.698. The molecule has 4 heterocycles. The number of hydrogen-bond acceptors (Lipinski definition) is 6. The molecule has 148 valence electrons. The number of pyridine rings is 1. The number of carbonyl (C=O) groups is 1. The van der Waals surface area contributed by atoms with Crippen LogP contribution in [-0.2, 0) is 0 Å². The van der Waals surface area contributed by atoms with Crippen LogP contribution in [0.2, 0.25) is 0 Å². The average molecular weight is 389 g/mol. The van der Waals surface area contributed by atoms with Crippen LogP contribution < -0.4 is 10.6 Å². The van der Waals surface area contributed by atoms with E-state index in [0.29, 0.717) is 23.1 Å². The molecule has 8 heteroatoms. The zero-order chi connectivity index (χ0) is 20.4. The molecule has 29 heavy (non-hydrogen) atoms. The molecule has 0 bridgehead atoms. The van der Waals surface area contributed by atoms with Crippen LogP contribution in [0.1, 0.15) is 22.5 Å². The summed E-state index contributed by atoms with van der Waals surface area (Å²) in [5.41, 5.74) is 3.53. The van der Waals surface area contributed by atoms with Crippen molar-refractivity contribution in [1.29, 1.82) is 0 Å². The first-order chi connectivity index (χ1) is 14.1. The van der Waals surface area contributed by atoms with E-state index in [1.807, 2.05) is 18.3 Å². The van der Waals surface area contributed by atoms with Gasteiger partial charge in [-0.3, -0.25) is 9.36 Å². The fourth-order valence-electron chi connectivity index (χ4n) is 3.30. The van der Waals surface area contributed by atoms with Gasteiger partial charge in [-0.2, -0.15) is 4.98 Å². The second kappa shape index (κ2) is 7.84. The molecule has 0 atom stereocenters. The molecule has 0 aromatic carbocycles. The van der Waals surface area contributed by atoms with Crippen molar-refractivity contribution in [3.05, 3.63) is 54.5 Å². The summed E-state index contributed by atoms with van der Waals surface area (Å²) in [7, 11) is 3.42. The molecule has 3 aromatic heterocycles. The Morgan fingerprint density at radius 1 is 1.31 bits per heavy atom. The van der Waals surface area contributed by atoms with Gasteiger partial charge >= 0.3 is 0 Å². The Morgan fingerprint density at radius 2 is 2.17 bits per heavy atom. The molecule has 0 unspecified atom stereocenters. The first-order valence-electron chi connectivity index (χ1n) is 9.42. The van der Waals surface area contributed by atoms with Crippen LogP contribution in [0.15, 0.2) is 43.2 Å². The van der Waals surface area contributed by atoms with Gasteiger partial charge in [-0.25, -0.2) is 9.97 Å². The third-order valence-corrected chi connectivity index (χ3v) is 4.82. The average Bonchev–Trinajstić information content (AvgIpc) is 3.12. The van der Waals surface area contributed by atoms with Crippen LogP contribution in [0.3, 0.4) is 0 Å². The number of carbonyl (C=O) groups excluding carboxylic acids is 1. The number of fused-ring (bicyclic) bond motifs is 1. The predicted molar refractivity (Wildman–Crippen MR) is 115 cm³/mol. The van der Waals surface area contributed by atoms with Gasteiger partial charge in [-0.15, -0.1) is 0 Å². The molecule has 1 aliphatic heterocycles. The molecule has 0 saturated heterocycles. The lowest BCUT2D eigenvalue weighted by Gasteiger charge is -2.14. The topological polar surface area (TPSA) is 88.0 Å². The Kier molecular flexibility index (Phi) is 5.09. The van der Waals surface area contributed by atoms with Crippen molar-refractivity contribution in [1.82, 2.24) is 29.7 Å². The molecular weight excluding hydrogens is 366 g/mol. The monoisotopic (exact) mass is 389 g/mol. The fraction of sp³-hybridized carbons (Fsp3) is 0.238. The van der Waals surface area contributed by atoms with Gasteiger partial charge in [0.05, 0.1) is 0 Å². The smallest absolute Gasteiger partial charge is 0.270 e. The van der Waals surface area contributed by atoms with Crippen LogP contribution >= 0.6 is 0 Å². The molecule has 8 nitrogen and oxygen atoms in total. The number of rotatable bonds is 5. The van der Waals surface area contributed by atoms with E-state index < -0.39 is 0 Å². The van der Waals surface area contributed by atoms with Gasteiger partial charge in [-0.05, 0) is 42.3 Å². The maximum Gasteiger partial charge on any atom is 0.270 e. The molecule has 1 amide bonds. The van der Waals surface area contributed by atoms with E-state index >= 15 is 0 Å². The highest BCUT2D eigenvalue weighted by molar-refractivity contribution is 5.98. The lowest BCUT2D eigenvalue weighted by molar-refractivity contribution is 0.0821. The first kappa shape index (κ1) is 18.8. The van der Waals surface area contributed by atoms with Crippen LogP contribution in [0.4, 0.5) is 11.8 Å². The number of amides is 1. The Balaban J connectivity index is 1.60. The molecule has 0 spiro atoms. The second-order valence-corrected chi connectivity index (χ2v) is 6.99. The van der Waals surface area contributed by atoms with Crippen molar-refractivity contribution in [2.75, 3.05) is 32.5 Å². The molecule has 0 radical (unpaired) electrons. The number of aromatic nitrogens is 4. The van der Waals surface area contributed by atoms with Gasteiger partial charge in [0, 0.05) is 44.6 Å². The molecule has 2 N–H and O–H groups in total. The van der Waals surface area contributed by atoms with Gasteiger partial charge < -0.3 is 15.5 Å². The van der Waals surface area contributed by atoms with E-state index in [-0.39, 0.29) is 5.91 Å². The highest BCUT2D eigenvalue weighted by Crippen LogP contribution is 2.23. The van der Waals surface area contributed by atoms with E-state index in [0.717, 1.165) is 30.5 Å². The summed E-state index contributed by atoms with van der Waals surface area (Å²) in [6.07, 6.45) is 8.32. The van der Waals surface area contributed by atoms with E-state index in [1.165, 1.54) is 10.5 Å². The molecule has 0 aliphatic carbocycles. The Morgan fingerprint density at radius 3 is 2.83 bits per heavy atom. The van der Waals surface area contributed by atoms with E-state index in [2.05, 4.69) is 38.2 Å². The van der Waals surface area contributed by atoms with Gasteiger partial charge in [0.2, 0.25) is 5.95 Å². The lowest BCUT2D eigenvalue weighted by atomic mass is 10.0. The minimum atomic E-state index is -0.123.